The first kappa shape index (κ1) is 24.4. The number of thiol groups is 1. The summed E-state index contributed by atoms with van der Waals surface area (Å²) in [5.74, 6) is 1.94. The van der Waals surface area contributed by atoms with Gasteiger partial charge in [0.15, 0.2) is 0 Å². The van der Waals surface area contributed by atoms with Crippen LogP contribution in [0.15, 0.2) is 16.9 Å². The van der Waals surface area contributed by atoms with E-state index in [-0.39, 0.29) is 17.9 Å². The molecule has 0 fully saturated rings. The molecule has 0 saturated carbocycles. The third-order valence-electron chi connectivity index (χ3n) is 5.11. The van der Waals surface area contributed by atoms with E-state index in [1.807, 2.05) is 46.8 Å². The summed E-state index contributed by atoms with van der Waals surface area (Å²) in [5, 5.41) is 1.56. The van der Waals surface area contributed by atoms with Crippen molar-refractivity contribution in [1.82, 2.24) is 9.55 Å². The zero-order valence-electron chi connectivity index (χ0n) is 18.7. The van der Waals surface area contributed by atoms with Crippen LogP contribution in [0.2, 0.25) is 0 Å². The molecule has 6 nitrogen and oxygen atoms in total. The molecule has 2 aromatic heterocycles. The number of terminal acetylenes is 1. The number of pyridine rings is 2. The van der Waals surface area contributed by atoms with E-state index < -0.39 is 11.5 Å². The summed E-state index contributed by atoms with van der Waals surface area (Å²) in [5.41, 5.74) is 7.62. The summed E-state index contributed by atoms with van der Waals surface area (Å²) in [7, 11) is 0. The third kappa shape index (κ3) is 3.93. The first-order valence-corrected chi connectivity index (χ1v) is 11.0. The third-order valence-corrected chi connectivity index (χ3v) is 5.61. The lowest BCUT2D eigenvalue weighted by Crippen LogP contribution is -2.52. The molecule has 2 aromatic rings. The minimum absolute atomic E-state index is 0.0296. The zero-order valence-corrected chi connectivity index (χ0v) is 19.5. The van der Waals surface area contributed by atoms with Gasteiger partial charge >= 0.3 is 5.97 Å². The Labute approximate surface area is 188 Å². The second kappa shape index (κ2) is 9.99. The van der Waals surface area contributed by atoms with Crippen LogP contribution < -0.4 is 21.9 Å². The van der Waals surface area contributed by atoms with Crippen LogP contribution in [0.25, 0.3) is 23.5 Å². The number of carbonyl (C=O) groups is 1. The fourth-order valence-corrected chi connectivity index (χ4v) is 3.93. The zero-order chi connectivity index (χ0) is 23.3. The van der Waals surface area contributed by atoms with Crippen molar-refractivity contribution in [3.05, 3.63) is 49.7 Å². The molecule has 2 aliphatic heterocycles. The molecule has 0 bridgehead atoms. The van der Waals surface area contributed by atoms with Crippen LogP contribution in [0.5, 0.6) is 0 Å². The van der Waals surface area contributed by atoms with Crippen molar-refractivity contribution in [2.75, 3.05) is 5.75 Å². The number of nitrogens with two attached hydrogens (primary N) is 1. The molecule has 0 radical (unpaired) electrons. The number of fused-ring (bicyclic) bond motifs is 4. The molecule has 4 heterocycles. The van der Waals surface area contributed by atoms with Gasteiger partial charge in [-0.1, -0.05) is 39.7 Å². The summed E-state index contributed by atoms with van der Waals surface area (Å²) in [4.78, 5) is 30.0. The Kier molecular flexibility index (Phi) is 7.88. The molecular formula is C24H29N3O3S. The Morgan fingerprint density at radius 2 is 2.00 bits per heavy atom. The van der Waals surface area contributed by atoms with Gasteiger partial charge < -0.3 is 15.0 Å². The molecule has 164 valence electrons. The highest BCUT2D eigenvalue weighted by Crippen LogP contribution is 2.34. The summed E-state index contributed by atoms with van der Waals surface area (Å²) in [6.45, 7) is 10.2. The number of ether oxygens (including phenoxy) is 1. The minimum atomic E-state index is -1.46. The smallest absolute Gasteiger partial charge is 0.331 e. The lowest BCUT2D eigenvalue weighted by Gasteiger charge is -2.32. The van der Waals surface area contributed by atoms with Crippen molar-refractivity contribution in [3.63, 3.8) is 0 Å². The first-order valence-electron chi connectivity index (χ1n) is 10.4. The fourth-order valence-electron chi connectivity index (χ4n) is 3.63. The van der Waals surface area contributed by atoms with E-state index in [0.717, 1.165) is 10.8 Å². The van der Waals surface area contributed by atoms with Crippen LogP contribution in [0.3, 0.4) is 0 Å². The van der Waals surface area contributed by atoms with Crippen molar-refractivity contribution in [1.29, 1.82) is 0 Å². The number of hydrogen-bond acceptors (Lipinski definition) is 6. The summed E-state index contributed by atoms with van der Waals surface area (Å²) in [6, 6.07) is 3.74. The number of nitrogens with zero attached hydrogens (tertiary/aromatic N) is 2. The first-order chi connectivity index (χ1) is 14.9. The molecule has 1 atom stereocenters. The Bertz CT molecular complexity index is 1220. The van der Waals surface area contributed by atoms with E-state index in [4.69, 9.17) is 16.9 Å². The molecule has 4 rings (SSSR count). The molecule has 0 aliphatic carbocycles. The number of hydrogen-bond donors (Lipinski definition) is 2. The molecule has 2 aliphatic rings. The monoisotopic (exact) mass is 439 g/mol. The van der Waals surface area contributed by atoms with Crippen molar-refractivity contribution in [3.8, 4) is 23.7 Å². The van der Waals surface area contributed by atoms with E-state index >= 15 is 0 Å². The van der Waals surface area contributed by atoms with Gasteiger partial charge in [0.25, 0.3) is 5.56 Å². The standard InChI is InChI=1S/C20H17N3O3S.2C2H6/c1-3-5-15-11(4-2)6-12-8-23-16(17(12)22-15)7-14-13(18(23)24)9-26-19(25)20(14,21)10-27;2*1-2/h1,4-7,27H,8-10,21H2,2H3;2*1-2H3/b11-4-,15-5+;;/t20-;;/m0../s1. The summed E-state index contributed by atoms with van der Waals surface area (Å²) < 4.78 is 6.77. The number of rotatable bonds is 1. The van der Waals surface area contributed by atoms with Crippen molar-refractivity contribution >= 4 is 30.8 Å². The number of cyclic esters (lactones) is 1. The number of aromatic nitrogens is 2. The molecule has 31 heavy (non-hydrogen) atoms. The van der Waals surface area contributed by atoms with Crippen LogP contribution in [0.1, 0.15) is 51.3 Å². The van der Waals surface area contributed by atoms with E-state index in [9.17, 15) is 9.59 Å². The van der Waals surface area contributed by atoms with Crippen molar-refractivity contribution < 1.29 is 9.53 Å². The molecule has 0 unspecified atom stereocenters. The Morgan fingerprint density at radius 3 is 2.58 bits per heavy atom. The Hall–Kier alpha value is -2.82. The van der Waals surface area contributed by atoms with Gasteiger partial charge in [0.05, 0.1) is 28.8 Å². The predicted octanol–water partition coefficient (Wildman–Crippen LogP) is 1.68. The van der Waals surface area contributed by atoms with Gasteiger partial charge in [-0.2, -0.15) is 12.6 Å². The highest BCUT2D eigenvalue weighted by molar-refractivity contribution is 7.80. The van der Waals surface area contributed by atoms with Gasteiger partial charge in [-0.15, -0.1) is 6.42 Å². The molecule has 2 N–H and O–H groups in total. The lowest BCUT2D eigenvalue weighted by molar-refractivity contribution is -0.153. The molecule has 0 spiro atoms. The van der Waals surface area contributed by atoms with Gasteiger partial charge in [-0.25, -0.2) is 9.78 Å². The highest BCUT2D eigenvalue weighted by Gasteiger charge is 2.44. The summed E-state index contributed by atoms with van der Waals surface area (Å²) >= 11 is 4.22. The average molecular weight is 440 g/mol. The molecular weight excluding hydrogens is 410 g/mol. The van der Waals surface area contributed by atoms with E-state index in [2.05, 4.69) is 23.5 Å². The van der Waals surface area contributed by atoms with Crippen LogP contribution in [0.4, 0.5) is 0 Å². The largest absolute Gasteiger partial charge is 0.459 e. The van der Waals surface area contributed by atoms with Crippen LogP contribution in [0, 0.1) is 12.3 Å². The molecule has 0 amide bonds. The maximum absolute atomic E-state index is 13.1. The molecule has 7 heteroatoms. The van der Waals surface area contributed by atoms with Gasteiger partial charge in [0, 0.05) is 17.4 Å². The predicted molar refractivity (Wildman–Crippen MR) is 128 cm³/mol. The molecule has 0 aromatic carbocycles. The maximum atomic E-state index is 13.1. The van der Waals surface area contributed by atoms with Gasteiger partial charge in [-0.05, 0) is 29.8 Å². The van der Waals surface area contributed by atoms with Gasteiger partial charge in [0.1, 0.15) is 12.1 Å². The normalized spacial score (nSPS) is 19.0. The van der Waals surface area contributed by atoms with Crippen LogP contribution >= 0.6 is 12.6 Å². The van der Waals surface area contributed by atoms with Gasteiger partial charge in [-0.3, -0.25) is 4.79 Å². The van der Waals surface area contributed by atoms with Crippen LogP contribution in [-0.4, -0.2) is 21.3 Å². The topological polar surface area (TPSA) is 87.2 Å². The summed E-state index contributed by atoms with van der Waals surface area (Å²) in [6.07, 6.45) is 8.93. The van der Waals surface area contributed by atoms with E-state index in [1.165, 1.54) is 0 Å². The SMILES string of the molecule is C#C/C=c1/nc2c(c/c1=C/C)Cn1c-2cc2c(c1=O)COC(=O)[C@]2(N)CS.CC.CC. The lowest BCUT2D eigenvalue weighted by atomic mass is 9.87. The number of esters is 1. The van der Waals surface area contributed by atoms with Gasteiger partial charge in [0.2, 0.25) is 0 Å². The van der Waals surface area contributed by atoms with E-state index in [1.54, 1.807) is 16.7 Å². The maximum Gasteiger partial charge on any atom is 0.331 e. The minimum Gasteiger partial charge on any atom is -0.459 e. The highest BCUT2D eigenvalue weighted by atomic mass is 32.1. The second-order valence-corrected chi connectivity index (χ2v) is 6.91. The van der Waals surface area contributed by atoms with Crippen molar-refractivity contribution in [2.24, 2.45) is 5.73 Å². The number of carbonyl (C=O) groups excluding carboxylic acids is 1. The molecule has 0 saturated heterocycles. The average Bonchev–Trinajstić information content (AvgIpc) is 3.17. The fraction of sp³-hybridized carbons (Fsp3) is 0.375. The Balaban J connectivity index is 0.000000807. The quantitative estimate of drug-likeness (QED) is 0.342. The van der Waals surface area contributed by atoms with Crippen LogP contribution in [-0.2, 0) is 28.2 Å². The second-order valence-electron chi connectivity index (χ2n) is 6.59. The Morgan fingerprint density at radius 1 is 1.32 bits per heavy atom. The van der Waals surface area contributed by atoms with E-state index in [0.29, 0.717) is 34.4 Å². The van der Waals surface area contributed by atoms with Crippen molar-refractivity contribution in [2.45, 2.75) is 53.3 Å².